The molecule has 0 aliphatic rings. The number of aromatic nitrogens is 3. The first-order valence-corrected chi connectivity index (χ1v) is 14.4. The molecule has 9 rings (SSSR count). The van der Waals surface area contributed by atoms with Gasteiger partial charge in [-0.15, -0.1) is 0 Å². The molecule has 0 atom stereocenters. The standard InChI is InChI=1S/C39H23N3O/c1-3-11-25(12-4-1)37-40-38(26-13-5-2-6-14-26)42-39(41-37)31-23-27-20-19-24-21-22-33-36(30-17-9-10-18-32(30)43-33)35(24)34(27)29-16-8-7-15-28(29)31/h1-23H. The summed E-state index contributed by atoms with van der Waals surface area (Å²) in [7, 11) is 0. The summed E-state index contributed by atoms with van der Waals surface area (Å²) in [5.74, 6) is 1.95. The van der Waals surface area contributed by atoms with Gasteiger partial charge in [0.2, 0.25) is 0 Å². The van der Waals surface area contributed by atoms with Crippen molar-refractivity contribution in [2.45, 2.75) is 0 Å². The van der Waals surface area contributed by atoms with Crippen LogP contribution >= 0.6 is 0 Å². The van der Waals surface area contributed by atoms with Crippen molar-refractivity contribution in [1.29, 1.82) is 0 Å². The van der Waals surface area contributed by atoms with E-state index in [0.29, 0.717) is 17.5 Å². The average Bonchev–Trinajstić information content (AvgIpc) is 3.47. The summed E-state index contributed by atoms with van der Waals surface area (Å²) in [5.41, 5.74) is 4.67. The molecule has 7 aromatic carbocycles. The monoisotopic (exact) mass is 549 g/mol. The van der Waals surface area contributed by atoms with Crippen LogP contribution in [0.1, 0.15) is 0 Å². The molecule has 0 aliphatic carbocycles. The second-order valence-electron chi connectivity index (χ2n) is 10.8. The van der Waals surface area contributed by atoms with Gasteiger partial charge in [0, 0.05) is 32.8 Å². The van der Waals surface area contributed by atoms with Crippen molar-refractivity contribution in [3.05, 3.63) is 140 Å². The summed E-state index contributed by atoms with van der Waals surface area (Å²) in [6, 6.07) is 48.0. The van der Waals surface area contributed by atoms with Crippen LogP contribution < -0.4 is 0 Å². The highest BCUT2D eigenvalue weighted by Gasteiger charge is 2.19. The van der Waals surface area contributed by atoms with E-state index in [4.69, 9.17) is 19.4 Å². The van der Waals surface area contributed by atoms with Gasteiger partial charge in [0.25, 0.3) is 0 Å². The Morgan fingerprint density at radius 2 is 0.930 bits per heavy atom. The highest BCUT2D eigenvalue weighted by Crippen LogP contribution is 2.43. The summed E-state index contributed by atoms with van der Waals surface area (Å²) in [5, 5.41) is 9.24. The van der Waals surface area contributed by atoms with Crippen molar-refractivity contribution >= 4 is 54.3 Å². The first-order valence-electron chi connectivity index (χ1n) is 14.4. The van der Waals surface area contributed by atoms with E-state index < -0.39 is 0 Å². The van der Waals surface area contributed by atoms with E-state index in [1.165, 1.54) is 16.2 Å². The molecule has 0 bridgehead atoms. The largest absolute Gasteiger partial charge is 0.456 e. The highest BCUT2D eigenvalue weighted by atomic mass is 16.3. The fourth-order valence-electron chi connectivity index (χ4n) is 6.34. The molecule has 2 aromatic heterocycles. The molecule has 0 fully saturated rings. The minimum Gasteiger partial charge on any atom is -0.456 e. The van der Waals surface area contributed by atoms with Gasteiger partial charge >= 0.3 is 0 Å². The fraction of sp³-hybridized carbons (Fsp3) is 0. The van der Waals surface area contributed by atoms with E-state index in [1.54, 1.807) is 0 Å². The molecule has 0 radical (unpaired) electrons. The Morgan fingerprint density at radius 3 is 1.65 bits per heavy atom. The van der Waals surface area contributed by atoms with E-state index in [-0.39, 0.29) is 0 Å². The van der Waals surface area contributed by atoms with Gasteiger partial charge in [-0.3, -0.25) is 0 Å². The van der Waals surface area contributed by atoms with Crippen LogP contribution in [0.2, 0.25) is 0 Å². The van der Waals surface area contributed by atoms with Crippen molar-refractivity contribution in [1.82, 2.24) is 15.0 Å². The molecule has 200 valence electrons. The molecule has 2 heterocycles. The summed E-state index contributed by atoms with van der Waals surface area (Å²) in [4.78, 5) is 15.0. The molecule has 0 saturated heterocycles. The lowest BCUT2D eigenvalue weighted by atomic mass is 9.91. The molecule has 0 unspecified atom stereocenters. The van der Waals surface area contributed by atoms with Gasteiger partial charge in [0.1, 0.15) is 11.2 Å². The normalized spacial score (nSPS) is 11.7. The Hall–Kier alpha value is -5.87. The number of furan rings is 1. The number of hydrogen-bond acceptors (Lipinski definition) is 4. The van der Waals surface area contributed by atoms with Crippen LogP contribution in [0.15, 0.2) is 144 Å². The Kier molecular flexibility index (Phi) is 5.16. The van der Waals surface area contributed by atoms with E-state index in [1.807, 2.05) is 72.8 Å². The zero-order valence-corrected chi connectivity index (χ0v) is 23.0. The molecule has 9 aromatic rings. The number of hydrogen-bond donors (Lipinski definition) is 0. The second kappa shape index (κ2) is 9.33. The van der Waals surface area contributed by atoms with E-state index in [0.717, 1.165) is 54.8 Å². The molecule has 4 nitrogen and oxygen atoms in total. The maximum absolute atomic E-state index is 6.30. The van der Waals surface area contributed by atoms with Gasteiger partial charge in [-0.2, -0.15) is 0 Å². The predicted octanol–water partition coefficient (Wildman–Crippen LogP) is 10.2. The van der Waals surface area contributed by atoms with Crippen molar-refractivity contribution < 1.29 is 4.42 Å². The lowest BCUT2D eigenvalue weighted by Crippen LogP contribution is -2.00. The second-order valence-corrected chi connectivity index (χ2v) is 10.8. The molecular weight excluding hydrogens is 526 g/mol. The van der Waals surface area contributed by atoms with Gasteiger partial charge in [0.05, 0.1) is 0 Å². The van der Waals surface area contributed by atoms with Gasteiger partial charge < -0.3 is 4.42 Å². The summed E-state index contributed by atoms with van der Waals surface area (Å²) in [6.45, 7) is 0. The lowest BCUT2D eigenvalue weighted by Gasteiger charge is -2.14. The van der Waals surface area contributed by atoms with Crippen LogP contribution in [0.5, 0.6) is 0 Å². The number of para-hydroxylation sites is 1. The van der Waals surface area contributed by atoms with E-state index in [9.17, 15) is 0 Å². The Bertz CT molecular complexity index is 2440. The van der Waals surface area contributed by atoms with Crippen LogP contribution in [0.4, 0.5) is 0 Å². The lowest BCUT2D eigenvalue weighted by molar-refractivity contribution is 0.669. The topological polar surface area (TPSA) is 51.8 Å². The minimum absolute atomic E-state index is 0.651. The van der Waals surface area contributed by atoms with E-state index in [2.05, 4.69) is 66.7 Å². The highest BCUT2D eigenvalue weighted by molar-refractivity contribution is 6.32. The predicted molar refractivity (Wildman–Crippen MR) is 176 cm³/mol. The van der Waals surface area contributed by atoms with Crippen molar-refractivity contribution in [3.8, 4) is 34.2 Å². The molecule has 0 aliphatic heterocycles. The third kappa shape index (κ3) is 3.74. The smallest absolute Gasteiger partial charge is 0.164 e. The number of benzene rings is 7. The quantitative estimate of drug-likeness (QED) is 0.206. The summed E-state index contributed by atoms with van der Waals surface area (Å²) in [6.07, 6.45) is 0. The SMILES string of the molecule is c1ccc(-c2nc(-c3ccccc3)nc(-c3cc4ccc5ccc6oc7ccccc7c6c5c4c4ccccc34)n2)cc1. The first kappa shape index (κ1) is 23.8. The molecule has 43 heavy (non-hydrogen) atoms. The summed E-state index contributed by atoms with van der Waals surface area (Å²) < 4.78 is 6.30. The number of fused-ring (bicyclic) bond motifs is 9. The Labute approximate surface area is 246 Å². The number of rotatable bonds is 3. The minimum atomic E-state index is 0.651. The van der Waals surface area contributed by atoms with Crippen LogP contribution in [0.3, 0.4) is 0 Å². The van der Waals surface area contributed by atoms with Crippen molar-refractivity contribution in [2.75, 3.05) is 0 Å². The third-order valence-electron chi connectivity index (χ3n) is 8.28. The maximum atomic E-state index is 6.30. The van der Waals surface area contributed by atoms with Gasteiger partial charge in [0.15, 0.2) is 17.5 Å². The van der Waals surface area contributed by atoms with Gasteiger partial charge in [-0.25, -0.2) is 15.0 Å². The zero-order chi connectivity index (χ0) is 28.3. The number of nitrogens with zero attached hydrogens (tertiary/aromatic N) is 3. The Balaban J connectivity index is 1.39. The molecule has 4 heteroatoms. The first-order chi connectivity index (χ1) is 21.3. The molecule has 0 amide bonds. The third-order valence-corrected chi connectivity index (χ3v) is 8.28. The van der Waals surface area contributed by atoms with Crippen LogP contribution in [0, 0.1) is 0 Å². The molecular formula is C39H23N3O. The van der Waals surface area contributed by atoms with Crippen LogP contribution in [-0.4, -0.2) is 15.0 Å². The fourth-order valence-corrected chi connectivity index (χ4v) is 6.34. The van der Waals surface area contributed by atoms with Gasteiger partial charge in [-0.1, -0.05) is 121 Å². The van der Waals surface area contributed by atoms with Crippen molar-refractivity contribution in [3.63, 3.8) is 0 Å². The average molecular weight is 550 g/mol. The van der Waals surface area contributed by atoms with E-state index >= 15 is 0 Å². The van der Waals surface area contributed by atoms with Crippen LogP contribution in [-0.2, 0) is 0 Å². The molecule has 0 saturated carbocycles. The van der Waals surface area contributed by atoms with Crippen molar-refractivity contribution in [2.24, 2.45) is 0 Å². The summed E-state index contributed by atoms with van der Waals surface area (Å²) >= 11 is 0. The molecule has 0 spiro atoms. The maximum Gasteiger partial charge on any atom is 0.164 e. The zero-order valence-electron chi connectivity index (χ0n) is 23.0. The van der Waals surface area contributed by atoms with Gasteiger partial charge in [-0.05, 0) is 45.1 Å². The Morgan fingerprint density at radius 1 is 0.372 bits per heavy atom. The van der Waals surface area contributed by atoms with Crippen LogP contribution in [0.25, 0.3) is 88.4 Å². The molecule has 0 N–H and O–H groups in total.